The topological polar surface area (TPSA) is 75.6 Å². The fraction of sp³-hybridized carbons (Fsp3) is 0.524. The van der Waals surface area contributed by atoms with Crippen LogP contribution in [0.25, 0.3) is 0 Å². The highest BCUT2D eigenvalue weighted by Crippen LogP contribution is 2.39. The number of piperazine rings is 1. The number of hydrogen-bond donors (Lipinski definition) is 0. The minimum absolute atomic E-state index is 0.0162. The molecule has 0 unspecified atom stereocenters. The number of alkyl halides is 3. The smallest absolute Gasteiger partial charge is 0.416 e. The van der Waals surface area contributed by atoms with Gasteiger partial charge in [0.1, 0.15) is 6.10 Å². The number of sulfonamides is 1. The van der Waals surface area contributed by atoms with Crippen molar-refractivity contribution in [3.63, 3.8) is 0 Å². The molecule has 2 atom stereocenters. The molecule has 172 valence electrons. The summed E-state index contributed by atoms with van der Waals surface area (Å²) in [6.07, 6.45) is 1.65. The molecular weight excluding hydrogens is 445 g/mol. The normalized spacial score (nSPS) is 25.0. The summed E-state index contributed by atoms with van der Waals surface area (Å²) in [6.45, 7) is 1.77. The summed E-state index contributed by atoms with van der Waals surface area (Å²) >= 11 is 0. The van der Waals surface area contributed by atoms with Crippen molar-refractivity contribution in [1.82, 2.24) is 19.2 Å². The molecule has 11 heteroatoms. The average Bonchev–Trinajstić information content (AvgIpc) is 3.53. The second-order valence-corrected chi connectivity index (χ2v) is 10.5. The Kier molecular flexibility index (Phi) is 5.37. The van der Waals surface area contributed by atoms with Crippen LogP contribution in [0.2, 0.25) is 0 Å². The van der Waals surface area contributed by atoms with Crippen molar-refractivity contribution in [3.8, 4) is 5.88 Å². The lowest BCUT2D eigenvalue weighted by Crippen LogP contribution is -2.51. The molecule has 1 saturated carbocycles. The van der Waals surface area contributed by atoms with E-state index in [2.05, 4.69) is 14.9 Å². The van der Waals surface area contributed by atoms with Crippen molar-refractivity contribution in [2.45, 2.75) is 48.4 Å². The van der Waals surface area contributed by atoms with Crippen LogP contribution in [0.3, 0.4) is 0 Å². The van der Waals surface area contributed by atoms with Crippen LogP contribution in [0.4, 0.5) is 13.2 Å². The van der Waals surface area contributed by atoms with E-state index in [1.54, 1.807) is 12.4 Å². The monoisotopic (exact) mass is 468 g/mol. The molecule has 2 saturated heterocycles. The second-order valence-electron chi connectivity index (χ2n) is 8.57. The summed E-state index contributed by atoms with van der Waals surface area (Å²) in [5.41, 5.74) is 0.0814. The molecule has 1 aromatic carbocycles. The Labute approximate surface area is 184 Å². The van der Waals surface area contributed by atoms with Crippen LogP contribution in [-0.2, 0) is 16.2 Å². The lowest BCUT2D eigenvalue weighted by atomic mass is 10.2. The fourth-order valence-electron chi connectivity index (χ4n) is 4.40. The first-order valence-corrected chi connectivity index (χ1v) is 12.0. The molecule has 3 heterocycles. The van der Waals surface area contributed by atoms with E-state index in [4.69, 9.17) is 4.74 Å². The summed E-state index contributed by atoms with van der Waals surface area (Å²) in [6, 6.07) is 3.64. The van der Waals surface area contributed by atoms with Gasteiger partial charge in [0.2, 0.25) is 15.9 Å². The number of benzene rings is 1. The zero-order valence-corrected chi connectivity index (χ0v) is 18.0. The van der Waals surface area contributed by atoms with E-state index in [1.807, 2.05) is 0 Å². The van der Waals surface area contributed by atoms with E-state index in [0.29, 0.717) is 31.3 Å². The third kappa shape index (κ3) is 4.33. The Bertz CT molecular complexity index is 1090. The predicted molar refractivity (Wildman–Crippen MR) is 109 cm³/mol. The molecule has 1 aliphatic carbocycles. The molecule has 3 fully saturated rings. The van der Waals surface area contributed by atoms with Gasteiger partial charge >= 0.3 is 6.18 Å². The van der Waals surface area contributed by atoms with Crippen LogP contribution in [0.1, 0.15) is 36.4 Å². The number of rotatable bonds is 5. The number of aromatic nitrogens is 2. The van der Waals surface area contributed by atoms with Gasteiger partial charge in [-0.1, -0.05) is 0 Å². The molecule has 0 radical (unpaired) electrons. The number of hydrogen-bond acceptors (Lipinski definition) is 6. The van der Waals surface area contributed by atoms with Crippen LogP contribution in [-0.4, -0.2) is 65.9 Å². The van der Waals surface area contributed by atoms with Gasteiger partial charge in [0.25, 0.3) is 0 Å². The molecule has 0 bridgehead atoms. The summed E-state index contributed by atoms with van der Waals surface area (Å²) in [7, 11) is -3.87. The van der Waals surface area contributed by atoms with Gasteiger partial charge in [0.05, 0.1) is 22.3 Å². The molecule has 5 rings (SSSR count). The molecule has 1 aromatic heterocycles. The second kappa shape index (κ2) is 7.96. The molecule has 0 N–H and O–H groups in total. The Balaban J connectivity index is 1.24. The lowest BCUT2D eigenvalue weighted by Gasteiger charge is -2.36. The van der Waals surface area contributed by atoms with E-state index in [0.717, 1.165) is 42.8 Å². The summed E-state index contributed by atoms with van der Waals surface area (Å²) < 4.78 is 71.8. The van der Waals surface area contributed by atoms with Crippen molar-refractivity contribution in [2.75, 3.05) is 26.2 Å². The highest BCUT2D eigenvalue weighted by Gasteiger charge is 2.41. The summed E-state index contributed by atoms with van der Waals surface area (Å²) in [5.74, 6) is 0.971. The minimum atomic E-state index is -4.50. The SMILES string of the molecule is O=S(=O)(c1ccc(C(F)(F)F)cc1)N1CCN2C[C@H](Oc3cncc(C4CC4)n3)C[C@H]2C1. The van der Waals surface area contributed by atoms with E-state index < -0.39 is 21.8 Å². The summed E-state index contributed by atoms with van der Waals surface area (Å²) in [4.78, 5) is 10.8. The zero-order chi connectivity index (χ0) is 22.5. The first-order valence-electron chi connectivity index (χ1n) is 10.6. The van der Waals surface area contributed by atoms with E-state index in [1.165, 1.54) is 4.31 Å². The predicted octanol–water partition coefficient (Wildman–Crippen LogP) is 2.90. The number of ether oxygens (including phenoxy) is 1. The Morgan fingerprint density at radius 1 is 1.03 bits per heavy atom. The van der Waals surface area contributed by atoms with Crippen LogP contribution in [0.5, 0.6) is 5.88 Å². The molecule has 0 spiro atoms. The third-order valence-corrected chi connectivity index (χ3v) is 8.15. The van der Waals surface area contributed by atoms with Gasteiger partial charge in [-0.2, -0.15) is 17.5 Å². The maximum atomic E-state index is 13.0. The molecule has 2 aromatic rings. The van der Waals surface area contributed by atoms with Crippen LogP contribution < -0.4 is 4.74 Å². The van der Waals surface area contributed by atoms with E-state index >= 15 is 0 Å². The Hall–Kier alpha value is -2.24. The molecule has 32 heavy (non-hydrogen) atoms. The number of nitrogens with zero attached hydrogens (tertiary/aromatic N) is 4. The number of fused-ring (bicyclic) bond motifs is 1. The molecular formula is C21H23F3N4O3S. The highest BCUT2D eigenvalue weighted by molar-refractivity contribution is 7.89. The average molecular weight is 469 g/mol. The van der Waals surface area contributed by atoms with Gasteiger partial charge < -0.3 is 4.74 Å². The summed E-state index contributed by atoms with van der Waals surface area (Å²) in [5, 5.41) is 0. The van der Waals surface area contributed by atoms with E-state index in [-0.39, 0.29) is 30.1 Å². The Morgan fingerprint density at radius 3 is 2.47 bits per heavy atom. The molecule has 3 aliphatic rings. The van der Waals surface area contributed by atoms with Crippen molar-refractivity contribution < 1.29 is 26.3 Å². The first kappa shape index (κ1) is 21.6. The third-order valence-electron chi connectivity index (χ3n) is 6.27. The molecule has 7 nitrogen and oxygen atoms in total. The largest absolute Gasteiger partial charge is 0.472 e. The van der Waals surface area contributed by atoms with Gasteiger partial charge in [-0.15, -0.1) is 0 Å². The molecule has 2 aliphatic heterocycles. The van der Waals surface area contributed by atoms with Gasteiger partial charge in [-0.25, -0.2) is 13.4 Å². The molecule has 0 amide bonds. The van der Waals surface area contributed by atoms with Gasteiger partial charge in [-0.05, 0) is 37.1 Å². The fourth-order valence-corrected chi connectivity index (χ4v) is 5.87. The maximum Gasteiger partial charge on any atom is 0.416 e. The van der Waals surface area contributed by atoms with Crippen LogP contribution in [0, 0.1) is 0 Å². The van der Waals surface area contributed by atoms with E-state index in [9.17, 15) is 21.6 Å². The first-order chi connectivity index (χ1) is 15.2. The van der Waals surface area contributed by atoms with Crippen LogP contribution in [0.15, 0.2) is 41.6 Å². The highest BCUT2D eigenvalue weighted by atomic mass is 32.2. The van der Waals surface area contributed by atoms with Crippen LogP contribution >= 0.6 is 0 Å². The lowest BCUT2D eigenvalue weighted by molar-refractivity contribution is -0.137. The quantitative estimate of drug-likeness (QED) is 0.672. The number of halogens is 3. The van der Waals surface area contributed by atoms with Crippen molar-refractivity contribution in [1.29, 1.82) is 0 Å². The maximum absolute atomic E-state index is 13.0. The van der Waals surface area contributed by atoms with Crippen molar-refractivity contribution >= 4 is 10.0 Å². The van der Waals surface area contributed by atoms with Gasteiger partial charge in [-0.3, -0.25) is 9.88 Å². The minimum Gasteiger partial charge on any atom is -0.472 e. The van der Waals surface area contributed by atoms with Gasteiger partial charge in [0.15, 0.2) is 0 Å². The zero-order valence-electron chi connectivity index (χ0n) is 17.2. The van der Waals surface area contributed by atoms with Gasteiger partial charge in [0, 0.05) is 50.8 Å². The Morgan fingerprint density at radius 2 is 1.78 bits per heavy atom. The standard InChI is InChI=1S/C21H23F3N4O3S/c22-21(23,24)15-3-5-18(6-4-15)32(29,30)28-8-7-27-13-17(9-16(27)12-28)31-20-11-25-10-19(26-20)14-1-2-14/h3-6,10-11,14,16-17H,1-2,7-9,12-13H2/t16-,17+/m0/s1. The van der Waals surface area contributed by atoms with Crippen molar-refractivity contribution in [3.05, 3.63) is 47.9 Å². The van der Waals surface area contributed by atoms with Crippen molar-refractivity contribution in [2.24, 2.45) is 0 Å².